The van der Waals surface area contributed by atoms with Gasteiger partial charge >= 0.3 is 6.03 Å². The fourth-order valence-electron chi connectivity index (χ4n) is 4.12. The first-order valence-electron chi connectivity index (χ1n) is 9.06. The Morgan fingerprint density at radius 3 is 2.84 bits per heavy atom. The molecule has 2 fully saturated rings. The van der Waals surface area contributed by atoms with Gasteiger partial charge < -0.3 is 24.6 Å². The molecule has 2 aliphatic rings. The number of amides is 2. The lowest BCUT2D eigenvalue weighted by molar-refractivity contribution is 0.0515. The zero-order valence-electron chi connectivity index (χ0n) is 15.5. The molecular weight excluding hydrogens is 318 g/mol. The van der Waals surface area contributed by atoms with E-state index in [4.69, 9.17) is 9.47 Å². The molecule has 0 spiro atoms. The second kappa shape index (κ2) is 7.95. The van der Waals surface area contributed by atoms with E-state index in [-0.39, 0.29) is 6.03 Å². The molecule has 0 aromatic heterocycles. The summed E-state index contributed by atoms with van der Waals surface area (Å²) in [7, 11) is 5.47. The second-order valence-electron chi connectivity index (χ2n) is 7.02. The Bertz CT molecular complexity index is 608. The number of fused-ring (bicyclic) bond motifs is 1. The largest absolute Gasteiger partial charge is 0.497 e. The zero-order chi connectivity index (χ0) is 17.8. The highest BCUT2D eigenvalue weighted by Gasteiger charge is 2.35. The van der Waals surface area contributed by atoms with E-state index in [1.807, 2.05) is 23.1 Å². The summed E-state index contributed by atoms with van der Waals surface area (Å²) in [5.41, 5.74) is 0.948. The van der Waals surface area contributed by atoms with Crippen molar-refractivity contribution in [1.29, 1.82) is 0 Å². The van der Waals surface area contributed by atoms with Gasteiger partial charge in [0.2, 0.25) is 0 Å². The van der Waals surface area contributed by atoms with Gasteiger partial charge in [-0.15, -0.1) is 0 Å². The number of piperidine rings is 2. The predicted molar refractivity (Wildman–Crippen MR) is 97.1 cm³/mol. The number of nitrogens with zero attached hydrogens (tertiary/aromatic N) is 2. The third-order valence-electron chi connectivity index (χ3n) is 5.56. The number of nitrogens with one attached hydrogen (secondary N) is 1. The number of carbonyl (C=O) groups is 1. The van der Waals surface area contributed by atoms with Gasteiger partial charge in [0.05, 0.1) is 14.2 Å². The first kappa shape index (κ1) is 17.9. The highest BCUT2D eigenvalue weighted by atomic mass is 16.5. The first-order valence-corrected chi connectivity index (χ1v) is 9.06. The van der Waals surface area contributed by atoms with Crippen LogP contribution in [0, 0.1) is 5.92 Å². The average molecular weight is 347 g/mol. The number of carbonyl (C=O) groups excluding carboxylic acids is 1. The van der Waals surface area contributed by atoms with Crippen molar-refractivity contribution in [3.05, 3.63) is 23.8 Å². The lowest BCUT2D eigenvalue weighted by Gasteiger charge is -2.45. The molecule has 2 atom stereocenters. The molecule has 3 rings (SSSR count). The summed E-state index contributed by atoms with van der Waals surface area (Å²) in [6.45, 7) is 3.33. The molecule has 138 valence electrons. The van der Waals surface area contributed by atoms with Gasteiger partial charge in [0.25, 0.3) is 0 Å². The van der Waals surface area contributed by atoms with E-state index in [0.717, 1.165) is 36.6 Å². The van der Waals surface area contributed by atoms with Crippen LogP contribution in [0.25, 0.3) is 0 Å². The third kappa shape index (κ3) is 4.00. The van der Waals surface area contributed by atoms with Crippen LogP contribution < -0.4 is 14.8 Å². The van der Waals surface area contributed by atoms with E-state index in [1.54, 1.807) is 14.2 Å². The fraction of sp³-hybridized carbons (Fsp3) is 0.632. The van der Waals surface area contributed by atoms with Crippen molar-refractivity contribution >= 4 is 6.03 Å². The maximum Gasteiger partial charge on any atom is 0.317 e. The number of hydrogen-bond acceptors (Lipinski definition) is 4. The molecule has 0 aliphatic carbocycles. The Kier molecular flexibility index (Phi) is 5.68. The van der Waals surface area contributed by atoms with Crippen LogP contribution in [0.5, 0.6) is 11.5 Å². The van der Waals surface area contributed by atoms with E-state index in [1.165, 1.54) is 19.4 Å². The molecule has 2 amide bonds. The summed E-state index contributed by atoms with van der Waals surface area (Å²) in [5, 5.41) is 3.04. The van der Waals surface area contributed by atoms with E-state index in [2.05, 4.69) is 17.3 Å². The van der Waals surface area contributed by atoms with Gasteiger partial charge in [-0.25, -0.2) is 4.79 Å². The van der Waals surface area contributed by atoms with Gasteiger partial charge in [-0.2, -0.15) is 0 Å². The first-order chi connectivity index (χ1) is 12.1. The van der Waals surface area contributed by atoms with Crippen molar-refractivity contribution in [1.82, 2.24) is 15.1 Å². The number of benzene rings is 1. The Hall–Kier alpha value is -1.95. The topological polar surface area (TPSA) is 54.0 Å². The van der Waals surface area contributed by atoms with Gasteiger partial charge in [-0.05, 0) is 50.9 Å². The van der Waals surface area contributed by atoms with Crippen molar-refractivity contribution in [3.8, 4) is 11.5 Å². The zero-order valence-corrected chi connectivity index (χ0v) is 15.5. The van der Waals surface area contributed by atoms with Crippen molar-refractivity contribution in [2.45, 2.75) is 31.8 Å². The molecule has 1 aromatic rings. The van der Waals surface area contributed by atoms with E-state index in [0.29, 0.717) is 18.5 Å². The minimum atomic E-state index is 0.0181. The summed E-state index contributed by atoms with van der Waals surface area (Å²) in [4.78, 5) is 17.0. The number of rotatable bonds is 4. The van der Waals surface area contributed by atoms with Crippen LogP contribution >= 0.6 is 0 Å². The third-order valence-corrected chi connectivity index (χ3v) is 5.56. The smallest absolute Gasteiger partial charge is 0.317 e. The fourth-order valence-corrected chi connectivity index (χ4v) is 4.12. The lowest BCUT2D eigenvalue weighted by Crippen LogP contribution is -2.55. The van der Waals surface area contributed by atoms with Crippen LogP contribution in [0.2, 0.25) is 0 Å². The van der Waals surface area contributed by atoms with Gasteiger partial charge in [0, 0.05) is 37.3 Å². The van der Waals surface area contributed by atoms with E-state index >= 15 is 0 Å². The van der Waals surface area contributed by atoms with Gasteiger partial charge in [-0.1, -0.05) is 0 Å². The van der Waals surface area contributed by atoms with Gasteiger partial charge in [-0.3, -0.25) is 0 Å². The van der Waals surface area contributed by atoms with Crippen LogP contribution in [0.4, 0.5) is 4.79 Å². The molecule has 2 heterocycles. The van der Waals surface area contributed by atoms with Crippen LogP contribution in [0.15, 0.2) is 18.2 Å². The summed E-state index contributed by atoms with van der Waals surface area (Å²) in [6, 6.07) is 6.31. The van der Waals surface area contributed by atoms with Crippen LogP contribution in [0.3, 0.4) is 0 Å². The highest BCUT2D eigenvalue weighted by molar-refractivity contribution is 5.74. The Balaban J connectivity index is 1.56. The molecule has 6 heteroatoms. The van der Waals surface area contributed by atoms with Crippen LogP contribution in [0.1, 0.15) is 24.8 Å². The minimum Gasteiger partial charge on any atom is -0.497 e. The molecule has 1 N–H and O–H groups in total. The SMILES string of the molecule is COc1ccc(CNC(=O)N2CCC3C(CCCN3C)C2)c(OC)c1. The van der Waals surface area contributed by atoms with Gasteiger partial charge in [0.1, 0.15) is 11.5 Å². The predicted octanol–water partition coefficient (Wildman–Crippen LogP) is 2.33. The summed E-state index contributed by atoms with van der Waals surface area (Å²) < 4.78 is 10.6. The minimum absolute atomic E-state index is 0.0181. The number of ether oxygens (including phenoxy) is 2. The molecule has 6 nitrogen and oxygen atoms in total. The van der Waals surface area contributed by atoms with Crippen molar-refractivity contribution < 1.29 is 14.3 Å². The van der Waals surface area contributed by atoms with E-state index < -0.39 is 0 Å². The summed E-state index contributed by atoms with van der Waals surface area (Å²) >= 11 is 0. The average Bonchev–Trinajstić information content (AvgIpc) is 2.65. The Labute approximate surface area is 150 Å². The van der Waals surface area contributed by atoms with Crippen LogP contribution in [-0.4, -0.2) is 62.8 Å². The highest BCUT2D eigenvalue weighted by Crippen LogP contribution is 2.29. The second-order valence-corrected chi connectivity index (χ2v) is 7.02. The van der Waals surface area contributed by atoms with Crippen LogP contribution in [-0.2, 0) is 6.54 Å². The lowest BCUT2D eigenvalue weighted by atomic mass is 9.84. The molecule has 25 heavy (non-hydrogen) atoms. The van der Waals surface area contributed by atoms with Crippen molar-refractivity contribution in [2.24, 2.45) is 5.92 Å². The molecule has 0 radical (unpaired) electrons. The molecular formula is C19H29N3O3. The molecule has 0 bridgehead atoms. The summed E-state index contributed by atoms with van der Waals surface area (Å²) in [5.74, 6) is 2.08. The molecule has 2 saturated heterocycles. The number of urea groups is 1. The van der Waals surface area contributed by atoms with E-state index in [9.17, 15) is 4.79 Å². The maximum atomic E-state index is 12.6. The van der Waals surface area contributed by atoms with Crippen molar-refractivity contribution in [2.75, 3.05) is 40.9 Å². The summed E-state index contributed by atoms with van der Waals surface area (Å²) in [6.07, 6.45) is 3.53. The molecule has 2 aliphatic heterocycles. The normalized spacial score (nSPS) is 23.7. The monoisotopic (exact) mass is 347 g/mol. The number of hydrogen-bond donors (Lipinski definition) is 1. The Morgan fingerprint density at radius 1 is 1.24 bits per heavy atom. The number of methoxy groups -OCH3 is 2. The molecule has 1 aromatic carbocycles. The quantitative estimate of drug-likeness (QED) is 0.908. The maximum absolute atomic E-state index is 12.6. The number of likely N-dealkylation sites (tertiary alicyclic amines) is 2. The Morgan fingerprint density at radius 2 is 2.08 bits per heavy atom. The standard InChI is InChI=1S/C19H29N3O3/c1-21-9-4-5-15-13-22(10-8-17(15)21)19(23)20-12-14-6-7-16(24-2)11-18(14)25-3/h6-7,11,15,17H,4-5,8-10,12-13H2,1-3H3,(H,20,23). The molecule has 0 saturated carbocycles. The molecule has 2 unspecified atom stereocenters. The van der Waals surface area contributed by atoms with Gasteiger partial charge in [0.15, 0.2) is 0 Å². The van der Waals surface area contributed by atoms with Crippen molar-refractivity contribution in [3.63, 3.8) is 0 Å².